The number of hydrogen-bond acceptors (Lipinski definition) is 3. The summed E-state index contributed by atoms with van der Waals surface area (Å²) in [5.74, 6) is 0. The fourth-order valence-electron chi connectivity index (χ4n) is 0.178. The maximum Gasteiger partial charge on any atom is 0.272 e. The van der Waals surface area contributed by atoms with Gasteiger partial charge in [-0.15, -0.1) is 0 Å². The highest BCUT2D eigenvalue weighted by atomic mass is 32.1. The van der Waals surface area contributed by atoms with Gasteiger partial charge in [0.1, 0.15) is 0 Å². The van der Waals surface area contributed by atoms with Crippen LogP contribution in [0.2, 0.25) is 0 Å². The number of methoxy groups -OCH3 is 1. The predicted octanol–water partition coefficient (Wildman–Crippen LogP) is 0.331. The highest BCUT2D eigenvalue weighted by molar-refractivity contribution is 7.80. The molecule has 0 saturated heterocycles. The zero-order valence-corrected chi connectivity index (χ0v) is 5.53. The second kappa shape index (κ2) is 3.22. The van der Waals surface area contributed by atoms with Crippen molar-refractivity contribution in [2.45, 2.75) is 0 Å². The zero-order valence-electron chi connectivity index (χ0n) is 4.71. The van der Waals surface area contributed by atoms with Crippen LogP contribution in [0, 0.1) is 11.5 Å². The van der Waals surface area contributed by atoms with E-state index in [0.717, 1.165) is 4.90 Å². The van der Waals surface area contributed by atoms with E-state index in [1.54, 1.807) is 6.19 Å². The van der Waals surface area contributed by atoms with Crippen molar-refractivity contribution in [3.63, 3.8) is 0 Å². The second-order valence-corrected chi connectivity index (χ2v) is 1.48. The minimum Gasteiger partial charge on any atom is -0.474 e. The molecule has 0 aliphatic rings. The molecule has 0 fully saturated rings. The van der Waals surface area contributed by atoms with E-state index in [0.29, 0.717) is 0 Å². The van der Waals surface area contributed by atoms with E-state index in [9.17, 15) is 0 Å². The molecular formula is C4H6N2OS. The smallest absolute Gasteiger partial charge is 0.272 e. The Balaban J connectivity index is 3.68. The van der Waals surface area contributed by atoms with Crippen LogP contribution in [0.1, 0.15) is 0 Å². The fourth-order valence-corrected chi connectivity index (χ4v) is 0.219. The fraction of sp³-hybridized carbons (Fsp3) is 0.500. The molecule has 0 radical (unpaired) electrons. The third-order valence-corrected chi connectivity index (χ3v) is 1.04. The molecule has 0 bridgehead atoms. The van der Waals surface area contributed by atoms with Gasteiger partial charge in [-0.25, -0.2) is 4.90 Å². The van der Waals surface area contributed by atoms with Crippen LogP contribution in [0.4, 0.5) is 0 Å². The standard InChI is InChI=1S/C4H6N2OS/c1-6(3-5)4(8)7-2/h1-2H3. The molecule has 44 valence electrons. The monoisotopic (exact) mass is 130 g/mol. The first kappa shape index (κ1) is 7.18. The van der Waals surface area contributed by atoms with Crippen LogP contribution in [0.25, 0.3) is 0 Å². The van der Waals surface area contributed by atoms with Crippen LogP contribution in [0.3, 0.4) is 0 Å². The molecule has 3 nitrogen and oxygen atoms in total. The molecule has 0 unspecified atom stereocenters. The summed E-state index contributed by atoms with van der Waals surface area (Å²) >= 11 is 4.56. The normalized spacial score (nSPS) is 7.12. The van der Waals surface area contributed by atoms with Gasteiger partial charge in [0.05, 0.1) is 7.11 Å². The van der Waals surface area contributed by atoms with Gasteiger partial charge in [-0.05, 0) is 12.2 Å². The van der Waals surface area contributed by atoms with Gasteiger partial charge in [0.2, 0.25) is 0 Å². The number of hydrogen-bond donors (Lipinski definition) is 0. The highest BCUT2D eigenvalue weighted by Crippen LogP contribution is 1.83. The van der Waals surface area contributed by atoms with Crippen molar-refractivity contribution in [1.82, 2.24) is 4.90 Å². The third-order valence-electron chi connectivity index (χ3n) is 0.598. The van der Waals surface area contributed by atoms with Crippen LogP contribution in [0.5, 0.6) is 0 Å². The molecule has 0 aromatic carbocycles. The summed E-state index contributed by atoms with van der Waals surface area (Å²) in [6.07, 6.45) is 1.78. The minimum absolute atomic E-state index is 0.188. The molecule has 0 atom stereocenters. The van der Waals surface area contributed by atoms with Gasteiger partial charge in [0.15, 0.2) is 6.19 Å². The van der Waals surface area contributed by atoms with Gasteiger partial charge < -0.3 is 4.74 Å². The molecule has 0 aromatic heterocycles. The first-order valence-electron chi connectivity index (χ1n) is 1.93. The second-order valence-electron chi connectivity index (χ2n) is 1.13. The van der Waals surface area contributed by atoms with Gasteiger partial charge in [0.25, 0.3) is 5.17 Å². The van der Waals surface area contributed by atoms with E-state index < -0.39 is 0 Å². The molecule has 0 aliphatic carbocycles. The summed E-state index contributed by atoms with van der Waals surface area (Å²) in [4.78, 5) is 1.16. The first-order valence-corrected chi connectivity index (χ1v) is 2.34. The van der Waals surface area contributed by atoms with Crippen LogP contribution < -0.4 is 0 Å². The van der Waals surface area contributed by atoms with Crippen molar-refractivity contribution >= 4 is 17.4 Å². The Kier molecular flexibility index (Phi) is 2.89. The van der Waals surface area contributed by atoms with E-state index in [-0.39, 0.29) is 5.17 Å². The lowest BCUT2D eigenvalue weighted by Crippen LogP contribution is -2.20. The summed E-state index contributed by atoms with van der Waals surface area (Å²) in [6.45, 7) is 0. The van der Waals surface area contributed by atoms with E-state index in [2.05, 4.69) is 17.0 Å². The van der Waals surface area contributed by atoms with Crippen molar-refractivity contribution in [2.75, 3.05) is 14.2 Å². The number of ether oxygens (including phenoxy) is 1. The molecule has 0 saturated carbocycles. The maximum atomic E-state index is 8.14. The Morgan fingerprint density at radius 1 is 1.88 bits per heavy atom. The summed E-state index contributed by atoms with van der Waals surface area (Å²) in [5, 5.41) is 8.33. The van der Waals surface area contributed by atoms with Gasteiger partial charge in [0, 0.05) is 7.05 Å². The SMILES string of the molecule is COC(=S)N(C)C#N. The van der Waals surface area contributed by atoms with Crippen molar-refractivity contribution in [3.8, 4) is 6.19 Å². The number of rotatable bonds is 0. The lowest BCUT2D eigenvalue weighted by Gasteiger charge is -2.05. The Morgan fingerprint density at radius 3 is 2.50 bits per heavy atom. The average molecular weight is 130 g/mol. The lowest BCUT2D eigenvalue weighted by atomic mass is 10.9. The van der Waals surface area contributed by atoms with E-state index in [1.807, 2.05) is 0 Å². The molecule has 0 N–H and O–H groups in total. The molecule has 0 spiro atoms. The zero-order chi connectivity index (χ0) is 6.57. The van der Waals surface area contributed by atoms with E-state index >= 15 is 0 Å². The third kappa shape index (κ3) is 1.76. The molecule has 8 heavy (non-hydrogen) atoms. The number of nitriles is 1. The minimum atomic E-state index is 0.188. The lowest BCUT2D eigenvalue weighted by molar-refractivity contribution is 0.360. The predicted molar refractivity (Wildman–Crippen MR) is 33.0 cm³/mol. The van der Waals surface area contributed by atoms with Crippen molar-refractivity contribution < 1.29 is 4.74 Å². The van der Waals surface area contributed by atoms with Crippen molar-refractivity contribution in [2.24, 2.45) is 0 Å². The summed E-state index contributed by atoms with van der Waals surface area (Å²) in [5.41, 5.74) is 0. The van der Waals surface area contributed by atoms with E-state index in [1.165, 1.54) is 14.2 Å². The molecule has 0 rings (SSSR count). The number of nitrogens with zero attached hydrogens (tertiary/aromatic N) is 2. The number of thiocarbonyl (C=S) groups is 1. The highest BCUT2D eigenvalue weighted by Gasteiger charge is 1.97. The summed E-state index contributed by atoms with van der Waals surface area (Å²) < 4.78 is 4.54. The Bertz CT molecular complexity index is 128. The largest absolute Gasteiger partial charge is 0.474 e. The maximum absolute atomic E-state index is 8.14. The van der Waals surface area contributed by atoms with E-state index in [4.69, 9.17) is 5.26 Å². The van der Waals surface area contributed by atoms with Crippen LogP contribution in [0.15, 0.2) is 0 Å². The topological polar surface area (TPSA) is 36.3 Å². The van der Waals surface area contributed by atoms with Gasteiger partial charge in [-0.3, -0.25) is 0 Å². The molecular weight excluding hydrogens is 124 g/mol. The van der Waals surface area contributed by atoms with Crippen LogP contribution >= 0.6 is 12.2 Å². The first-order chi connectivity index (χ1) is 3.72. The summed E-state index contributed by atoms with van der Waals surface area (Å²) in [6, 6.07) is 0. The molecule has 0 amide bonds. The van der Waals surface area contributed by atoms with Crippen LogP contribution in [-0.4, -0.2) is 24.2 Å². The van der Waals surface area contributed by atoms with Crippen molar-refractivity contribution in [1.29, 1.82) is 5.26 Å². The van der Waals surface area contributed by atoms with Gasteiger partial charge >= 0.3 is 0 Å². The quantitative estimate of drug-likeness (QED) is 0.269. The average Bonchev–Trinajstić information content (AvgIpc) is 1.84. The van der Waals surface area contributed by atoms with Crippen LogP contribution in [-0.2, 0) is 4.74 Å². The Morgan fingerprint density at radius 2 is 2.38 bits per heavy atom. The Hall–Kier alpha value is -0.820. The summed E-state index contributed by atoms with van der Waals surface area (Å²) in [7, 11) is 2.96. The molecule has 0 aliphatic heterocycles. The molecule has 4 heteroatoms. The molecule has 0 aromatic rings. The Labute approximate surface area is 53.5 Å². The van der Waals surface area contributed by atoms with Gasteiger partial charge in [-0.1, -0.05) is 0 Å². The molecule has 0 heterocycles. The van der Waals surface area contributed by atoms with Gasteiger partial charge in [-0.2, -0.15) is 5.26 Å². The van der Waals surface area contributed by atoms with Crippen molar-refractivity contribution in [3.05, 3.63) is 0 Å².